The van der Waals surface area contributed by atoms with Crippen molar-refractivity contribution >= 4 is 41.6 Å². The van der Waals surface area contributed by atoms with Crippen LogP contribution in [0.3, 0.4) is 0 Å². The van der Waals surface area contributed by atoms with Crippen LogP contribution in [-0.4, -0.2) is 27.2 Å². The molecule has 0 aliphatic carbocycles. The number of aromatic nitrogens is 3. The molecule has 0 unspecified atom stereocenters. The van der Waals surface area contributed by atoms with Gasteiger partial charge < -0.3 is 15.2 Å². The third-order valence-electron chi connectivity index (χ3n) is 3.93. The summed E-state index contributed by atoms with van der Waals surface area (Å²) in [5.74, 6) is -3.06. The number of rotatable bonds is 5. The van der Waals surface area contributed by atoms with Crippen molar-refractivity contribution < 1.29 is 22.9 Å². The SMILES string of the molecule is Cc1noc(C)c1CNC(=O)c1cc(NC(=O)c2cc(F)c(F)cc2Cl)n[nH]1.Cl. The number of nitrogens with one attached hydrogen (secondary N) is 3. The molecule has 0 saturated heterocycles. The predicted molar refractivity (Wildman–Crippen MR) is 102 cm³/mol. The maximum atomic E-state index is 13.3. The molecule has 0 aliphatic rings. The Balaban J connectivity index is 0.00000300. The Morgan fingerprint density at radius 3 is 2.52 bits per heavy atom. The molecule has 3 N–H and O–H groups in total. The van der Waals surface area contributed by atoms with Gasteiger partial charge in [0.1, 0.15) is 11.5 Å². The molecule has 0 fully saturated rings. The Morgan fingerprint density at radius 2 is 1.86 bits per heavy atom. The van der Waals surface area contributed by atoms with E-state index >= 15 is 0 Å². The molecule has 29 heavy (non-hydrogen) atoms. The van der Waals surface area contributed by atoms with Crippen LogP contribution < -0.4 is 10.6 Å². The number of hydrogen-bond acceptors (Lipinski definition) is 5. The number of carbonyl (C=O) groups is 2. The third-order valence-corrected chi connectivity index (χ3v) is 4.24. The normalized spacial score (nSPS) is 10.4. The summed E-state index contributed by atoms with van der Waals surface area (Å²) < 4.78 is 31.4. The summed E-state index contributed by atoms with van der Waals surface area (Å²) in [6.07, 6.45) is 0. The molecule has 2 aromatic heterocycles. The Bertz CT molecular complexity index is 1050. The highest BCUT2D eigenvalue weighted by Crippen LogP contribution is 2.21. The second kappa shape index (κ2) is 9.01. The van der Waals surface area contributed by atoms with Crippen molar-refractivity contribution in [2.75, 3.05) is 5.32 Å². The van der Waals surface area contributed by atoms with Gasteiger partial charge in [-0.1, -0.05) is 16.8 Å². The lowest BCUT2D eigenvalue weighted by atomic mass is 10.2. The third kappa shape index (κ3) is 4.90. The summed E-state index contributed by atoms with van der Waals surface area (Å²) in [5.41, 5.74) is 1.24. The Hall–Kier alpha value is -2.98. The minimum atomic E-state index is -1.21. The number of hydrogen-bond donors (Lipinski definition) is 3. The van der Waals surface area contributed by atoms with E-state index in [2.05, 4.69) is 26.0 Å². The molecule has 3 aromatic rings. The molecule has 2 amide bonds. The van der Waals surface area contributed by atoms with Crippen LogP contribution in [0.15, 0.2) is 22.7 Å². The van der Waals surface area contributed by atoms with Crippen molar-refractivity contribution in [3.05, 3.63) is 63.1 Å². The van der Waals surface area contributed by atoms with Crippen molar-refractivity contribution in [1.82, 2.24) is 20.7 Å². The van der Waals surface area contributed by atoms with E-state index in [0.29, 0.717) is 23.6 Å². The second-order valence-corrected chi connectivity index (χ2v) is 6.26. The smallest absolute Gasteiger partial charge is 0.269 e. The van der Waals surface area contributed by atoms with Crippen LogP contribution in [0.5, 0.6) is 0 Å². The van der Waals surface area contributed by atoms with Crippen molar-refractivity contribution in [2.24, 2.45) is 0 Å². The van der Waals surface area contributed by atoms with E-state index in [0.717, 1.165) is 5.56 Å². The quantitative estimate of drug-likeness (QED) is 0.519. The van der Waals surface area contributed by atoms with Gasteiger partial charge in [0.05, 0.1) is 16.3 Å². The molecule has 0 saturated carbocycles. The van der Waals surface area contributed by atoms with Crippen LogP contribution in [0, 0.1) is 25.5 Å². The highest BCUT2D eigenvalue weighted by Gasteiger charge is 2.18. The first-order valence-electron chi connectivity index (χ1n) is 7.97. The van der Waals surface area contributed by atoms with E-state index in [-0.39, 0.29) is 41.0 Å². The lowest BCUT2D eigenvalue weighted by Gasteiger charge is -2.05. The first-order chi connectivity index (χ1) is 13.3. The summed E-state index contributed by atoms with van der Waals surface area (Å²) in [4.78, 5) is 24.4. The molecule has 2 heterocycles. The Kier molecular flexibility index (Phi) is 6.93. The molecule has 0 atom stereocenters. The number of aryl methyl sites for hydroxylation is 2. The lowest BCUT2D eigenvalue weighted by molar-refractivity contribution is 0.0944. The predicted octanol–water partition coefficient (Wildman–Crippen LogP) is 3.55. The fourth-order valence-electron chi connectivity index (χ4n) is 2.40. The molecule has 3 rings (SSSR count). The molecule has 154 valence electrons. The molecule has 0 spiro atoms. The molecular weight excluding hydrogens is 431 g/mol. The standard InChI is InChI=1S/C17H14ClF2N5O3.ClH/c1-7-10(8(2)28-25-7)6-21-17(27)14-5-15(24-23-14)22-16(26)9-3-12(19)13(20)4-11(9)18;/h3-5H,6H2,1-2H3,(H,21,27)(H2,22,23,24,26);1H. The van der Waals surface area contributed by atoms with E-state index in [1.54, 1.807) is 13.8 Å². The zero-order chi connectivity index (χ0) is 20.4. The Labute approximate surface area is 174 Å². The van der Waals surface area contributed by atoms with Crippen molar-refractivity contribution in [3.63, 3.8) is 0 Å². The number of nitrogens with zero attached hydrogens (tertiary/aromatic N) is 2. The molecule has 0 aliphatic heterocycles. The lowest BCUT2D eigenvalue weighted by Crippen LogP contribution is -2.23. The number of halogens is 4. The van der Waals surface area contributed by atoms with Gasteiger partial charge in [0.15, 0.2) is 17.5 Å². The average Bonchev–Trinajstić information content (AvgIpc) is 3.23. The number of carbonyl (C=O) groups excluding carboxylic acids is 2. The number of amides is 2. The molecule has 0 radical (unpaired) electrons. The van der Waals surface area contributed by atoms with E-state index in [4.69, 9.17) is 16.1 Å². The van der Waals surface area contributed by atoms with E-state index in [9.17, 15) is 18.4 Å². The summed E-state index contributed by atoms with van der Waals surface area (Å²) in [7, 11) is 0. The van der Waals surface area contributed by atoms with Crippen molar-refractivity contribution in [1.29, 1.82) is 0 Å². The highest BCUT2D eigenvalue weighted by molar-refractivity contribution is 6.34. The molecule has 12 heteroatoms. The zero-order valence-corrected chi connectivity index (χ0v) is 16.7. The van der Waals surface area contributed by atoms with Gasteiger partial charge in [-0.15, -0.1) is 12.4 Å². The van der Waals surface area contributed by atoms with Crippen molar-refractivity contribution in [3.8, 4) is 0 Å². The van der Waals surface area contributed by atoms with Crippen LogP contribution >= 0.6 is 24.0 Å². The Morgan fingerprint density at radius 1 is 1.17 bits per heavy atom. The van der Waals surface area contributed by atoms with Gasteiger partial charge in [-0.25, -0.2) is 8.78 Å². The first-order valence-corrected chi connectivity index (χ1v) is 8.35. The maximum absolute atomic E-state index is 13.3. The second-order valence-electron chi connectivity index (χ2n) is 5.85. The van der Waals surface area contributed by atoms with Gasteiger partial charge in [-0.3, -0.25) is 14.7 Å². The first kappa shape index (κ1) is 22.3. The number of anilines is 1. The maximum Gasteiger partial charge on any atom is 0.269 e. The highest BCUT2D eigenvalue weighted by atomic mass is 35.5. The van der Waals surface area contributed by atoms with Gasteiger partial charge >= 0.3 is 0 Å². The number of benzene rings is 1. The van der Waals surface area contributed by atoms with Gasteiger partial charge in [-0.2, -0.15) is 5.10 Å². The molecule has 0 bridgehead atoms. The average molecular weight is 446 g/mol. The fraction of sp³-hybridized carbons (Fsp3) is 0.176. The van der Waals surface area contributed by atoms with Gasteiger partial charge in [0, 0.05) is 18.2 Å². The molecule has 1 aromatic carbocycles. The van der Waals surface area contributed by atoms with Crippen LogP contribution in [0.2, 0.25) is 5.02 Å². The van der Waals surface area contributed by atoms with E-state index in [1.165, 1.54) is 6.07 Å². The fourth-order valence-corrected chi connectivity index (χ4v) is 2.64. The zero-order valence-electron chi connectivity index (χ0n) is 15.1. The van der Waals surface area contributed by atoms with Gasteiger partial charge in [0.25, 0.3) is 11.8 Å². The molecule has 8 nitrogen and oxygen atoms in total. The summed E-state index contributed by atoms with van der Waals surface area (Å²) >= 11 is 5.76. The van der Waals surface area contributed by atoms with Crippen LogP contribution in [0.25, 0.3) is 0 Å². The summed E-state index contributed by atoms with van der Waals surface area (Å²) in [6.45, 7) is 3.69. The van der Waals surface area contributed by atoms with E-state index in [1.807, 2.05) is 0 Å². The number of H-pyrrole nitrogens is 1. The summed E-state index contributed by atoms with van der Waals surface area (Å²) in [6, 6.07) is 2.66. The topological polar surface area (TPSA) is 113 Å². The van der Waals surface area contributed by atoms with E-state index < -0.39 is 23.4 Å². The molecular formula is C17H15Cl2F2N5O3. The minimum Gasteiger partial charge on any atom is -0.361 e. The summed E-state index contributed by atoms with van der Waals surface area (Å²) in [5, 5.41) is 14.8. The minimum absolute atomic E-state index is 0. The number of aromatic amines is 1. The monoisotopic (exact) mass is 445 g/mol. The van der Waals surface area contributed by atoms with Crippen LogP contribution in [0.1, 0.15) is 37.9 Å². The van der Waals surface area contributed by atoms with Gasteiger partial charge in [0.2, 0.25) is 0 Å². The van der Waals surface area contributed by atoms with Crippen LogP contribution in [0.4, 0.5) is 14.6 Å². The van der Waals surface area contributed by atoms with Crippen LogP contribution in [-0.2, 0) is 6.54 Å². The van der Waals surface area contributed by atoms with Crippen molar-refractivity contribution in [2.45, 2.75) is 20.4 Å². The van der Waals surface area contributed by atoms with Gasteiger partial charge in [-0.05, 0) is 26.0 Å². The largest absolute Gasteiger partial charge is 0.361 e.